The van der Waals surface area contributed by atoms with Crippen LogP contribution in [0, 0.1) is 0 Å². The van der Waals surface area contributed by atoms with Crippen molar-refractivity contribution in [3.05, 3.63) is 48.3 Å². The van der Waals surface area contributed by atoms with Crippen molar-refractivity contribution in [1.29, 1.82) is 0 Å². The van der Waals surface area contributed by atoms with Gasteiger partial charge in [-0.2, -0.15) is 5.10 Å². The Morgan fingerprint density at radius 1 is 1.25 bits per heavy atom. The minimum atomic E-state index is -0.231. The zero-order chi connectivity index (χ0) is 14.4. The molecule has 108 valence electrons. The van der Waals surface area contributed by atoms with Gasteiger partial charge >= 0.3 is 0 Å². The molecule has 4 nitrogen and oxygen atoms in total. The molecule has 1 aromatic carbocycles. The largest absolute Gasteiger partial charge is 0.394 e. The Balaban J connectivity index is 2.00. The van der Waals surface area contributed by atoms with E-state index in [9.17, 15) is 5.11 Å². The first-order valence-electron chi connectivity index (χ1n) is 7.13. The summed E-state index contributed by atoms with van der Waals surface area (Å²) >= 11 is 0. The fourth-order valence-electron chi connectivity index (χ4n) is 2.26. The lowest BCUT2D eigenvalue weighted by Crippen LogP contribution is -2.45. The van der Waals surface area contributed by atoms with E-state index in [0.717, 1.165) is 24.2 Å². The van der Waals surface area contributed by atoms with Crippen molar-refractivity contribution < 1.29 is 5.11 Å². The van der Waals surface area contributed by atoms with Crippen LogP contribution >= 0.6 is 0 Å². The maximum Gasteiger partial charge on any atom is 0.0767 e. The molecule has 0 aliphatic rings. The van der Waals surface area contributed by atoms with Crippen LogP contribution in [0.5, 0.6) is 0 Å². The summed E-state index contributed by atoms with van der Waals surface area (Å²) in [5, 5.41) is 17.4. The summed E-state index contributed by atoms with van der Waals surface area (Å²) in [6.45, 7) is 4.97. The third kappa shape index (κ3) is 3.68. The van der Waals surface area contributed by atoms with Crippen LogP contribution in [0.4, 0.5) is 0 Å². The van der Waals surface area contributed by atoms with Gasteiger partial charge < -0.3 is 10.4 Å². The van der Waals surface area contributed by atoms with Crippen molar-refractivity contribution in [2.45, 2.75) is 38.8 Å². The Morgan fingerprint density at radius 2 is 2.00 bits per heavy atom. The number of aromatic nitrogens is 2. The van der Waals surface area contributed by atoms with Crippen LogP contribution < -0.4 is 5.32 Å². The molecule has 2 rings (SSSR count). The fraction of sp³-hybridized carbons (Fsp3) is 0.438. The molecule has 20 heavy (non-hydrogen) atoms. The highest BCUT2D eigenvalue weighted by Crippen LogP contribution is 2.13. The lowest BCUT2D eigenvalue weighted by molar-refractivity contribution is 0.163. The molecule has 0 aliphatic carbocycles. The van der Waals surface area contributed by atoms with Crippen LogP contribution in [0.15, 0.2) is 42.6 Å². The average molecular weight is 273 g/mol. The van der Waals surface area contributed by atoms with E-state index in [4.69, 9.17) is 0 Å². The van der Waals surface area contributed by atoms with Gasteiger partial charge in [-0.25, -0.2) is 4.68 Å². The van der Waals surface area contributed by atoms with Gasteiger partial charge in [0.15, 0.2) is 0 Å². The van der Waals surface area contributed by atoms with E-state index >= 15 is 0 Å². The van der Waals surface area contributed by atoms with E-state index in [1.807, 2.05) is 54.2 Å². The van der Waals surface area contributed by atoms with Gasteiger partial charge in [0.1, 0.15) is 0 Å². The lowest BCUT2D eigenvalue weighted by atomic mass is 9.97. The fourth-order valence-corrected chi connectivity index (χ4v) is 2.26. The van der Waals surface area contributed by atoms with Gasteiger partial charge in [0.05, 0.1) is 18.0 Å². The molecular formula is C16H23N3O. The molecule has 2 N–H and O–H groups in total. The normalized spacial score (nSPS) is 14.2. The molecule has 1 atom stereocenters. The van der Waals surface area contributed by atoms with Crippen molar-refractivity contribution >= 4 is 0 Å². The second-order valence-corrected chi connectivity index (χ2v) is 5.41. The standard InChI is InChI=1S/C16H23N3O/c1-3-10-16(2,13-20)17-12-14-9-11-19(18-14)15-7-5-4-6-8-15/h4-9,11,17,20H,3,10,12-13H2,1-2H3. The number of para-hydroxylation sites is 1. The van der Waals surface area contributed by atoms with Crippen LogP contribution in [-0.2, 0) is 6.54 Å². The van der Waals surface area contributed by atoms with E-state index in [2.05, 4.69) is 17.3 Å². The molecule has 4 heteroatoms. The van der Waals surface area contributed by atoms with Gasteiger partial charge in [0.25, 0.3) is 0 Å². The molecule has 1 unspecified atom stereocenters. The molecule has 1 aromatic heterocycles. The molecule has 2 aromatic rings. The van der Waals surface area contributed by atoms with E-state index in [-0.39, 0.29) is 12.1 Å². The van der Waals surface area contributed by atoms with Gasteiger partial charge in [-0.15, -0.1) is 0 Å². The van der Waals surface area contributed by atoms with Crippen molar-refractivity contribution in [2.24, 2.45) is 0 Å². The molecule has 0 spiro atoms. The molecular weight excluding hydrogens is 250 g/mol. The Morgan fingerprint density at radius 3 is 2.65 bits per heavy atom. The number of aliphatic hydroxyl groups is 1. The Labute approximate surface area is 120 Å². The third-order valence-electron chi connectivity index (χ3n) is 3.51. The van der Waals surface area contributed by atoms with Crippen molar-refractivity contribution in [3.63, 3.8) is 0 Å². The van der Waals surface area contributed by atoms with E-state index in [0.29, 0.717) is 6.54 Å². The highest BCUT2D eigenvalue weighted by Gasteiger charge is 2.21. The monoisotopic (exact) mass is 273 g/mol. The summed E-state index contributed by atoms with van der Waals surface area (Å²) in [6.07, 6.45) is 3.95. The third-order valence-corrected chi connectivity index (χ3v) is 3.51. The van der Waals surface area contributed by atoms with Crippen molar-refractivity contribution in [3.8, 4) is 5.69 Å². The number of rotatable bonds is 7. The summed E-state index contributed by atoms with van der Waals surface area (Å²) in [5.74, 6) is 0. The topological polar surface area (TPSA) is 50.1 Å². The Kier molecular flexibility index (Phi) is 4.93. The molecule has 0 amide bonds. The first kappa shape index (κ1) is 14.8. The lowest BCUT2D eigenvalue weighted by Gasteiger charge is -2.28. The SMILES string of the molecule is CCCC(C)(CO)NCc1ccn(-c2ccccc2)n1. The first-order chi connectivity index (χ1) is 9.67. The second-order valence-electron chi connectivity index (χ2n) is 5.41. The predicted molar refractivity (Wildman–Crippen MR) is 80.8 cm³/mol. The van der Waals surface area contributed by atoms with Crippen LogP contribution in [-0.4, -0.2) is 27.0 Å². The van der Waals surface area contributed by atoms with E-state index < -0.39 is 0 Å². The maximum atomic E-state index is 9.49. The van der Waals surface area contributed by atoms with Crippen LogP contribution in [0.25, 0.3) is 5.69 Å². The van der Waals surface area contributed by atoms with Gasteiger partial charge in [-0.3, -0.25) is 0 Å². The number of benzene rings is 1. The van der Waals surface area contributed by atoms with Gasteiger partial charge in [-0.1, -0.05) is 31.5 Å². The smallest absolute Gasteiger partial charge is 0.0767 e. The van der Waals surface area contributed by atoms with Gasteiger partial charge in [0, 0.05) is 18.3 Å². The molecule has 1 heterocycles. The van der Waals surface area contributed by atoms with Crippen LogP contribution in [0.3, 0.4) is 0 Å². The van der Waals surface area contributed by atoms with Crippen molar-refractivity contribution in [1.82, 2.24) is 15.1 Å². The summed E-state index contributed by atoms with van der Waals surface area (Å²) in [6, 6.07) is 12.0. The second kappa shape index (κ2) is 6.68. The predicted octanol–water partition coefficient (Wildman–Crippen LogP) is 2.51. The Hall–Kier alpha value is -1.65. The maximum absolute atomic E-state index is 9.49. The van der Waals surface area contributed by atoms with Crippen LogP contribution in [0.1, 0.15) is 32.4 Å². The zero-order valence-corrected chi connectivity index (χ0v) is 12.2. The van der Waals surface area contributed by atoms with Crippen molar-refractivity contribution in [2.75, 3.05) is 6.61 Å². The minimum Gasteiger partial charge on any atom is -0.394 e. The summed E-state index contributed by atoms with van der Waals surface area (Å²) < 4.78 is 1.87. The highest BCUT2D eigenvalue weighted by atomic mass is 16.3. The summed E-state index contributed by atoms with van der Waals surface area (Å²) in [4.78, 5) is 0. The number of hydrogen-bond donors (Lipinski definition) is 2. The molecule has 0 radical (unpaired) electrons. The highest BCUT2D eigenvalue weighted by molar-refractivity contribution is 5.30. The number of aliphatic hydroxyl groups excluding tert-OH is 1. The summed E-state index contributed by atoms with van der Waals surface area (Å²) in [5.41, 5.74) is 1.80. The molecule has 0 saturated heterocycles. The van der Waals surface area contributed by atoms with Gasteiger partial charge in [0.2, 0.25) is 0 Å². The molecule has 0 aliphatic heterocycles. The Bertz CT molecular complexity index is 524. The number of nitrogens with zero attached hydrogens (tertiary/aromatic N) is 2. The summed E-state index contributed by atoms with van der Waals surface area (Å²) in [7, 11) is 0. The molecule has 0 fully saturated rings. The van der Waals surface area contributed by atoms with Gasteiger partial charge in [-0.05, 0) is 31.5 Å². The average Bonchev–Trinajstić information content (AvgIpc) is 2.95. The number of nitrogens with one attached hydrogen (secondary N) is 1. The first-order valence-corrected chi connectivity index (χ1v) is 7.13. The zero-order valence-electron chi connectivity index (χ0n) is 12.2. The number of hydrogen-bond acceptors (Lipinski definition) is 3. The molecule has 0 saturated carbocycles. The molecule has 0 bridgehead atoms. The quantitative estimate of drug-likeness (QED) is 0.815. The van der Waals surface area contributed by atoms with E-state index in [1.165, 1.54) is 0 Å². The van der Waals surface area contributed by atoms with E-state index in [1.54, 1.807) is 0 Å². The minimum absolute atomic E-state index is 0.139. The van der Waals surface area contributed by atoms with Crippen LogP contribution in [0.2, 0.25) is 0 Å².